The number of sulfonamides is 1. The molecule has 1 fully saturated rings. The van der Waals surface area contributed by atoms with Crippen molar-refractivity contribution in [1.82, 2.24) is 5.43 Å². The lowest BCUT2D eigenvalue weighted by Crippen LogP contribution is -2.39. The van der Waals surface area contributed by atoms with Gasteiger partial charge in [-0.3, -0.25) is 9.10 Å². The van der Waals surface area contributed by atoms with Gasteiger partial charge < -0.3 is 0 Å². The van der Waals surface area contributed by atoms with Crippen molar-refractivity contribution >= 4 is 27.3 Å². The molecule has 0 bridgehead atoms. The van der Waals surface area contributed by atoms with Crippen LogP contribution in [-0.2, 0) is 14.8 Å². The average molecular weight is 323 g/mol. The minimum absolute atomic E-state index is 0.279. The monoisotopic (exact) mass is 323 g/mol. The van der Waals surface area contributed by atoms with Gasteiger partial charge in [0.25, 0.3) is 5.91 Å². The zero-order valence-corrected chi connectivity index (χ0v) is 13.7. The minimum atomic E-state index is -3.54. The average Bonchev–Trinajstić information content (AvgIpc) is 2.94. The number of carbonyl (C=O) groups excluding carboxylic acids is 1. The normalized spacial score (nSPS) is 14.7. The van der Waals surface area contributed by atoms with Gasteiger partial charge >= 0.3 is 0 Å². The number of aryl methyl sites for hydroxylation is 1. The Morgan fingerprint density at radius 2 is 2.00 bits per heavy atom. The molecular weight excluding hydrogens is 302 g/mol. The van der Waals surface area contributed by atoms with Crippen LogP contribution in [0.1, 0.15) is 31.2 Å². The van der Waals surface area contributed by atoms with E-state index in [9.17, 15) is 13.2 Å². The molecule has 1 aliphatic carbocycles. The summed E-state index contributed by atoms with van der Waals surface area (Å²) in [4.78, 5) is 12.0. The van der Waals surface area contributed by atoms with Gasteiger partial charge in [-0.15, -0.1) is 0 Å². The molecule has 1 aliphatic rings. The summed E-state index contributed by atoms with van der Waals surface area (Å²) in [6.45, 7) is 1.59. The van der Waals surface area contributed by atoms with Crippen molar-refractivity contribution in [2.75, 3.05) is 17.1 Å². The molecule has 0 aromatic heterocycles. The van der Waals surface area contributed by atoms with Crippen molar-refractivity contribution < 1.29 is 13.2 Å². The van der Waals surface area contributed by atoms with Crippen LogP contribution in [0.5, 0.6) is 0 Å². The minimum Gasteiger partial charge on any atom is -0.271 e. The Balaban J connectivity index is 2.10. The quantitative estimate of drug-likeness (QED) is 0.839. The van der Waals surface area contributed by atoms with Crippen molar-refractivity contribution in [3.05, 3.63) is 29.8 Å². The maximum Gasteiger partial charge on any atom is 0.260 e. The molecular formula is C15H21N3O3S. The highest BCUT2D eigenvalue weighted by Crippen LogP contribution is 2.18. The van der Waals surface area contributed by atoms with Crippen LogP contribution in [0.15, 0.2) is 29.4 Å². The van der Waals surface area contributed by atoms with E-state index in [4.69, 9.17) is 0 Å². The summed E-state index contributed by atoms with van der Waals surface area (Å²) in [5.74, 6) is -0.439. The molecule has 22 heavy (non-hydrogen) atoms. The Bertz CT molecular complexity index is 675. The van der Waals surface area contributed by atoms with Crippen LogP contribution in [0.25, 0.3) is 0 Å². The first-order valence-corrected chi connectivity index (χ1v) is 9.10. The van der Waals surface area contributed by atoms with Gasteiger partial charge in [0.2, 0.25) is 10.0 Å². The van der Waals surface area contributed by atoms with E-state index in [0.29, 0.717) is 5.69 Å². The van der Waals surface area contributed by atoms with Gasteiger partial charge in [-0.05, 0) is 50.3 Å². The largest absolute Gasteiger partial charge is 0.271 e. The molecule has 1 N–H and O–H groups in total. The first kappa shape index (κ1) is 16.5. The van der Waals surface area contributed by atoms with Crippen LogP contribution < -0.4 is 9.73 Å². The first-order chi connectivity index (χ1) is 10.4. The number of carbonyl (C=O) groups is 1. The summed E-state index contributed by atoms with van der Waals surface area (Å²) in [5.41, 5.74) is 4.83. The van der Waals surface area contributed by atoms with E-state index < -0.39 is 15.9 Å². The number of rotatable bonds is 5. The SMILES string of the molecule is Cc1cccc(N(CC(=O)NN=C2CCCC2)S(C)(=O)=O)c1. The second kappa shape index (κ2) is 6.91. The third-order valence-corrected chi connectivity index (χ3v) is 4.64. The molecule has 0 atom stereocenters. The molecule has 1 saturated carbocycles. The number of nitrogens with one attached hydrogen (secondary N) is 1. The van der Waals surface area contributed by atoms with E-state index in [1.807, 2.05) is 13.0 Å². The standard InChI is InChI=1S/C15H21N3O3S/c1-12-6-5-9-14(10-12)18(22(2,20)21)11-15(19)17-16-13-7-3-4-8-13/h5-6,9-10H,3-4,7-8,11H2,1-2H3,(H,17,19). The summed E-state index contributed by atoms with van der Waals surface area (Å²) >= 11 is 0. The fourth-order valence-corrected chi connectivity index (χ4v) is 3.23. The van der Waals surface area contributed by atoms with Crippen LogP contribution in [0.2, 0.25) is 0 Å². The van der Waals surface area contributed by atoms with Crippen molar-refractivity contribution in [3.63, 3.8) is 0 Å². The zero-order chi connectivity index (χ0) is 16.2. The molecule has 0 aliphatic heterocycles. The molecule has 0 unspecified atom stereocenters. The van der Waals surface area contributed by atoms with E-state index in [1.165, 1.54) is 0 Å². The van der Waals surface area contributed by atoms with Crippen LogP contribution in [-0.4, -0.2) is 32.8 Å². The van der Waals surface area contributed by atoms with Crippen LogP contribution in [0.3, 0.4) is 0 Å². The van der Waals surface area contributed by atoms with Crippen molar-refractivity contribution in [2.45, 2.75) is 32.6 Å². The van der Waals surface area contributed by atoms with Gasteiger partial charge in [-0.25, -0.2) is 13.8 Å². The smallest absolute Gasteiger partial charge is 0.260 e. The summed E-state index contributed by atoms with van der Waals surface area (Å²) < 4.78 is 25.0. The third-order valence-electron chi connectivity index (χ3n) is 3.50. The number of hydrogen-bond acceptors (Lipinski definition) is 4. The first-order valence-electron chi connectivity index (χ1n) is 7.25. The maximum atomic E-state index is 12.0. The fourth-order valence-electron chi connectivity index (χ4n) is 2.39. The Hall–Kier alpha value is -1.89. The number of benzene rings is 1. The van der Waals surface area contributed by atoms with Gasteiger partial charge in [-0.1, -0.05) is 12.1 Å². The van der Waals surface area contributed by atoms with Gasteiger partial charge in [0, 0.05) is 5.71 Å². The molecule has 120 valence electrons. The topological polar surface area (TPSA) is 78.8 Å². The van der Waals surface area contributed by atoms with Crippen LogP contribution in [0.4, 0.5) is 5.69 Å². The van der Waals surface area contributed by atoms with E-state index in [2.05, 4.69) is 10.5 Å². The maximum absolute atomic E-state index is 12.0. The molecule has 0 heterocycles. The van der Waals surface area contributed by atoms with Crippen molar-refractivity contribution in [3.8, 4) is 0 Å². The molecule has 1 aromatic carbocycles. The molecule has 2 rings (SSSR count). The Morgan fingerprint density at radius 3 is 2.59 bits per heavy atom. The predicted octanol–water partition coefficient (Wildman–Crippen LogP) is 1.81. The highest BCUT2D eigenvalue weighted by Gasteiger charge is 2.21. The Labute approximate surface area is 131 Å². The van der Waals surface area contributed by atoms with Gasteiger partial charge in [0.1, 0.15) is 6.54 Å². The molecule has 0 saturated heterocycles. The summed E-state index contributed by atoms with van der Waals surface area (Å²) in [5, 5.41) is 4.07. The molecule has 6 nitrogen and oxygen atoms in total. The number of hydrazone groups is 1. The van der Waals surface area contributed by atoms with Crippen LogP contribution >= 0.6 is 0 Å². The van der Waals surface area contributed by atoms with E-state index >= 15 is 0 Å². The lowest BCUT2D eigenvalue weighted by atomic mass is 10.2. The van der Waals surface area contributed by atoms with Crippen molar-refractivity contribution in [1.29, 1.82) is 0 Å². The number of nitrogens with zero attached hydrogens (tertiary/aromatic N) is 2. The molecule has 0 spiro atoms. The lowest BCUT2D eigenvalue weighted by Gasteiger charge is -2.21. The van der Waals surface area contributed by atoms with E-state index in [1.54, 1.807) is 18.2 Å². The number of anilines is 1. The number of hydrogen-bond donors (Lipinski definition) is 1. The van der Waals surface area contributed by atoms with E-state index in [0.717, 1.165) is 47.5 Å². The highest BCUT2D eigenvalue weighted by atomic mass is 32.2. The van der Waals surface area contributed by atoms with Gasteiger partial charge in [0.15, 0.2) is 0 Å². The van der Waals surface area contributed by atoms with Crippen LogP contribution in [0, 0.1) is 6.92 Å². The molecule has 1 amide bonds. The van der Waals surface area contributed by atoms with Gasteiger partial charge in [0.05, 0.1) is 11.9 Å². The highest BCUT2D eigenvalue weighted by molar-refractivity contribution is 7.92. The fraction of sp³-hybridized carbons (Fsp3) is 0.467. The lowest BCUT2D eigenvalue weighted by molar-refractivity contribution is -0.119. The third kappa shape index (κ3) is 4.56. The Morgan fingerprint density at radius 1 is 1.32 bits per heavy atom. The van der Waals surface area contributed by atoms with Crippen molar-refractivity contribution in [2.24, 2.45) is 5.10 Å². The number of amides is 1. The summed E-state index contributed by atoms with van der Waals surface area (Å²) in [6.07, 6.45) is 5.06. The zero-order valence-electron chi connectivity index (χ0n) is 12.9. The summed E-state index contributed by atoms with van der Waals surface area (Å²) in [7, 11) is -3.54. The second-order valence-corrected chi connectivity index (χ2v) is 7.44. The predicted molar refractivity (Wildman–Crippen MR) is 87.4 cm³/mol. The van der Waals surface area contributed by atoms with E-state index in [-0.39, 0.29) is 6.54 Å². The van der Waals surface area contributed by atoms with Gasteiger partial charge in [-0.2, -0.15) is 5.10 Å². The summed E-state index contributed by atoms with van der Waals surface area (Å²) in [6, 6.07) is 7.04. The molecule has 0 radical (unpaired) electrons. The Kier molecular flexibility index (Phi) is 5.18. The second-order valence-electron chi connectivity index (χ2n) is 5.53. The molecule has 7 heteroatoms. The molecule has 1 aromatic rings.